The van der Waals surface area contributed by atoms with E-state index in [1.807, 2.05) is 12.1 Å². The summed E-state index contributed by atoms with van der Waals surface area (Å²) in [6.07, 6.45) is -0.798. The van der Waals surface area contributed by atoms with Gasteiger partial charge in [-0.05, 0) is 35.4 Å². The van der Waals surface area contributed by atoms with Crippen LogP contribution >= 0.6 is 23.2 Å². The summed E-state index contributed by atoms with van der Waals surface area (Å²) in [5.74, 6) is -1.65. The van der Waals surface area contributed by atoms with Crippen LogP contribution in [0.4, 0.5) is 0 Å². The lowest BCUT2D eigenvalue weighted by Crippen LogP contribution is -2.41. The third kappa shape index (κ3) is 4.71. The molecular formula is C21H20Cl2N2O4. The highest BCUT2D eigenvalue weighted by Gasteiger charge is 2.47. The Hall–Kier alpha value is -2.57. The highest BCUT2D eigenvalue weighted by atomic mass is 35.5. The first kappa shape index (κ1) is 21.1. The van der Waals surface area contributed by atoms with Gasteiger partial charge in [-0.15, -0.1) is 0 Å². The molecule has 8 heteroatoms. The summed E-state index contributed by atoms with van der Waals surface area (Å²) >= 11 is 11.9. The summed E-state index contributed by atoms with van der Waals surface area (Å²) in [7, 11) is 1.64. The molecule has 1 aliphatic heterocycles. The smallest absolute Gasteiger partial charge is 0.303 e. The summed E-state index contributed by atoms with van der Waals surface area (Å²) in [5, 5.41) is 10.1. The number of rotatable bonds is 6. The minimum atomic E-state index is -1.06. The molecule has 1 aliphatic rings. The van der Waals surface area contributed by atoms with Crippen molar-refractivity contribution in [3.63, 3.8) is 0 Å². The first-order chi connectivity index (χ1) is 13.8. The van der Waals surface area contributed by atoms with Gasteiger partial charge < -0.3 is 14.9 Å². The lowest BCUT2D eigenvalue weighted by atomic mass is 10.0. The fourth-order valence-corrected chi connectivity index (χ4v) is 3.79. The Morgan fingerprint density at radius 1 is 0.966 bits per heavy atom. The number of hydrogen-bond donors (Lipinski definition) is 1. The summed E-state index contributed by atoms with van der Waals surface area (Å²) in [6.45, 7) is 0. The quantitative estimate of drug-likeness (QED) is 0.750. The van der Waals surface area contributed by atoms with Crippen LogP contribution in [0.15, 0.2) is 48.5 Å². The van der Waals surface area contributed by atoms with Crippen LogP contribution in [0.25, 0.3) is 0 Å². The number of carbonyl (C=O) groups is 3. The number of aliphatic carboxylic acids is 1. The van der Waals surface area contributed by atoms with Gasteiger partial charge in [0.2, 0.25) is 11.8 Å². The van der Waals surface area contributed by atoms with Crippen molar-refractivity contribution in [1.82, 2.24) is 9.80 Å². The molecule has 0 radical (unpaired) electrons. The zero-order valence-electron chi connectivity index (χ0n) is 15.7. The molecule has 1 saturated heterocycles. The zero-order chi connectivity index (χ0) is 21.1. The van der Waals surface area contributed by atoms with E-state index in [0.29, 0.717) is 16.5 Å². The molecule has 2 amide bonds. The molecular weight excluding hydrogens is 415 g/mol. The number of amides is 2. The molecule has 2 atom stereocenters. The van der Waals surface area contributed by atoms with Crippen molar-refractivity contribution in [2.75, 3.05) is 7.05 Å². The van der Waals surface area contributed by atoms with Crippen molar-refractivity contribution < 1.29 is 19.5 Å². The predicted octanol–water partition coefficient (Wildman–Crippen LogP) is 3.77. The fraction of sp³-hybridized carbons (Fsp3) is 0.286. The average molecular weight is 435 g/mol. The molecule has 1 N–H and O–H groups in total. The third-order valence-electron chi connectivity index (χ3n) is 4.95. The monoisotopic (exact) mass is 434 g/mol. The van der Waals surface area contributed by atoms with Gasteiger partial charge in [0.25, 0.3) is 0 Å². The molecule has 2 aromatic rings. The van der Waals surface area contributed by atoms with Gasteiger partial charge in [-0.3, -0.25) is 14.4 Å². The molecule has 0 aliphatic carbocycles. The number of likely N-dealkylation sites (N-methyl/N-ethyl adjacent to an activating group) is 1. The predicted molar refractivity (Wildman–Crippen MR) is 110 cm³/mol. The van der Waals surface area contributed by atoms with Gasteiger partial charge >= 0.3 is 5.97 Å². The van der Waals surface area contributed by atoms with Gasteiger partial charge in [-0.2, -0.15) is 0 Å². The number of carboxylic acids is 1. The number of nitrogens with zero attached hydrogens (tertiary/aromatic N) is 2. The second-order valence-electron chi connectivity index (χ2n) is 6.92. The number of hydrogen-bond acceptors (Lipinski definition) is 3. The number of halogens is 2. The maximum absolute atomic E-state index is 13.0. The van der Waals surface area contributed by atoms with Crippen molar-refractivity contribution >= 4 is 41.0 Å². The van der Waals surface area contributed by atoms with Crippen LogP contribution in [0.1, 0.15) is 30.1 Å². The molecule has 1 heterocycles. The molecule has 0 spiro atoms. The molecule has 3 rings (SSSR count). The Morgan fingerprint density at radius 2 is 1.52 bits per heavy atom. The molecule has 0 bridgehead atoms. The molecule has 29 heavy (non-hydrogen) atoms. The van der Waals surface area contributed by atoms with Gasteiger partial charge in [0.15, 0.2) is 0 Å². The Morgan fingerprint density at radius 3 is 2.07 bits per heavy atom. The van der Waals surface area contributed by atoms with E-state index >= 15 is 0 Å². The van der Waals surface area contributed by atoms with E-state index in [0.717, 1.165) is 11.1 Å². The van der Waals surface area contributed by atoms with Gasteiger partial charge in [-0.25, -0.2) is 0 Å². The minimum Gasteiger partial charge on any atom is -0.481 e. The molecule has 1 fully saturated rings. The second-order valence-corrected chi connectivity index (χ2v) is 7.79. The van der Waals surface area contributed by atoms with Crippen LogP contribution in [-0.2, 0) is 20.8 Å². The van der Waals surface area contributed by atoms with E-state index in [1.165, 1.54) is 9.80 Å². The van der Waals surface area contributed by atoms with Crippen molar-refractivity contribution in [2.24, 2.45) is 0 Å². The van der Waals surface area contributed by atoms with Crippen LogP contribution in [-0.4, -0.2) is 45.8 Å². The Kier molecular flexibility index (Phi) is 6.45. The summed E-state index contributed by atoms with van der Waals surface area (Å²) in [5.41, 5.74) is 1.58. The number of benzene rings is 2. The molecule has 0 saturated carbocycles. The van der Waals surface area contributed by atoms with Crippen molar-refractivity contribution in [2.45, 2.75) is 31.5 Å². The van der Waals surface area contributed by atoms with E-state index in [2.05, 4.69) is 0 Å². The fourth-order valence-electron chi connectivity index (χ4n) is 3.53. The SMILES string of the molecule is CN1C(=O)[C@@H](Cc2ccc(Cl)cc2)N(C(=O)CCC(=O)O)C1c1ccc(Cl)cc1. The molecule has 2 aromatic carbocycles. The highest BCUT2D eigenvalue weighted by molar-refractivity contribution is 6.30. The van der Waals surface area contributed by atoms with Crippen LogP contribution < -0.4 is 0 Å². The van der Waals surface area contributed by atoms with Gasteiger partial charge in [0.05, 0.1) is 6.42 Å². The van der Waals surface area contributed by atoms with Crippen LogP contribution in [0, 0.1) is 0 Å². The Balaban J connectivity index is 1.96. The van der Waals surface area contributed by atoms with Crippen molar-refractivity contribution in [3.05, 3.63) is 69.7 Å². The van der Waals surface area contributed by atoms with E-state index in [9.17, 15) is 14.4 Å². The lowest BCUT2D eigenvalue weighted by molar-refractivity contribution is -0.142. The second kappa shape index (κ2) is 8.84. The van der Waals surface area contributed by atoms with Crippen LogP contribution in [0.5, 0.6) is 0 Å². The first-order valence-electron chi connectivity index (χ1n) is 9.07. The summed E-state index contributed by atoms with van der Waals surface area (Å²) in [6, 6.07) is 13.3. The molecule has 1 unspecified atom stereocenters. The average Bonchev–Trinajstić information content (AvgIpc) is 2.93. The first-order valence-corrected chi connectivity index (χ1v) is 9.83. The standard InChI is InChI=1S/C21H20Cl2N2O4/c1-24-20(14-4-8-16(23)9-5-14)25(18(26)10-11-19(27)28)17(21(24)29)12-13-2-6-15(22)7-3-13/h2-9,17,20H,10-12H2,1H3,(H,27,28)/t17-,20?/m1/s1. The largest absolute Gasteiger partial charge is 0.481 e. The molecule has 6 nitrogen and oxygen atoms in total. The Labute approximate surface area is 178 Å². The van der Waals surface area contributed by atoms with E-state index in [-0.39, 0.29) is 24.7 Å². The maximum Gasteiger partial charge on any atom is 0.303 e. The van der Waals surface area contributed by atoms with Crippen molar-refractivity contribution in [3.8, 4) is 0 Å². The van der Waals surface area contributed by atoms with Crippen LogP contribution in [0.3, 0.4) is 0 Å². The number of carboxylic acid groups (broad SMARTS) is 1. The topological polar surface area (TPSA) is 77.9 Å². The third-order valence-corrected chi connectivity index (χ3v) is 5.45. The van der Waals surface area contributed by atoms with Crippen molar-refractivity contribution in [1.29, 1.82) is 0 Å². The van der Waals surface area contributed by atoms with Gasteiger partial charge in [0.1, 0.15) is 12.2 Å². The zero-order valence-corrected chi connectivity index (χ0v) is 17.2. The normalized spacial score (nSPS) is 18.9. The number of carbonyl (C=O) groups excluding carboxylic acids is 2. The highest BCUT2D eigenvalue weighted by Crippen LogP contribution is 2.36. The Bertz CT molecular complexity index is 915. The van der Waals surface area contributed by atoms with Gasteiger partial charge in [-0.1, -0.05) is 47.5 Å². The maximum atomic E-state index is 13.0. The summed E-state index contributed by atoms with van der Waals surface area (Å²) < 4.78 is 0. The molecule has 0 aromatic heterocycles. The van der Waals surface area contributed by atoms with Crippen LogP contribution in [0.2, 0.25) is 10.0 Å². The lowest BCUT2D eigenvalue weighted by Gasteiger charge is -2.30. The minimum absolute atomic E-state index is 0.183. The van der Waals surface area contributed by atoms with E-state index < -0.39 is 18.2 Å². The summed E-state index contributed by atoms with van der Waals surface area (Å²) in [4.78, 5) is 40.0. The van der Waals surface area contributed by atoms with Gasteiger partial charge in [0, 0.05) is 29.9 Å². The molecule has 152 valence electrons. The van der Waals surface area contributed by atoms with E-state index in [1.54, 1.807) is 43.4 Å². The van der Waals surface area contributed by atoms with E-state index in [4.69, 9.17) is 28.3 Å².